The molecule has 2 heterocycles. The number of benzene rings is 1. The number of fused-ring (bicyclic) bond motifs is 1. The summed E-state index contributed by atoms with van der Waals surface area (Å²) in [6.07, 6.45) is 1.46. The zero-order valence-electron chi connectivity index (χ0n) is 9.80. The Morgan fingerprint density at radius 1 is 1.21 bits per heavy atom. The second kappa shape index (κ2) is 4.37. The third kappa shape index (κ3) is 1.97. The van der Waals surface area contributed by atoms with E-state index in [1.54, 1.807) is 0 Å². The van der Waals surface area contributed by atoms with Crippen LogP contribution in [0.15, 0.2) is 47.9 Å². The minimum Gasteiger partial charge on any atom is -0.409 e. The van der Waals surface area contributed by atoms with Gasteiger partial charge in [-0.25, -0.2) is 14.6 Å². The normalized spacial score (nSPS) is 11.9. The highest BCUT2D eigenvalue weighted by Crippen LogP contribution is 2.13. The molecule has 1 aromatic carbocycles. The number of nitrogens with zero attached hydrogens (tertiary/aromatic N) is 5. The number of oxime groups is 1. The Morgan fingerprint density at radius 2 is 2.05 bits per heavy atom. The van der Waals surface area contributed by atoms with E-state index in [-0.39, 0.29) is 11.7 Å². The van der Waals surface area contributed by atoms with Gasteiger partial charge in [-0.3, -0.25) is 0 Å². The molecule has 0 unspecified atom stereocenters. The van der Waals surface area contributed by atoms with Gasteiger partial charge in [-0.2, -0.15) is 0 Å². The first-order chi connectivity index (χ1) is 9.28. The third-order valence-electron chi connectivity index (χ3n) is 2.65. The zero-order chi connectivity index (χ0) is 13.2. The number of hydrogen-bond donors (Lipinski definition) is 2. The Labute approximate surface area is 108 Å². The number of nitrogens with two attached hydrogens (primary N) is 1. The number of amidine groups is 1. The molecule has 7 heteroatoms. The van der Waals surface area contributed by atoms with Crippen molar-refractivity contribution in [1.29, 1.82) is 0 Å². The molecule has 0 aliphatic carbocycles. The van der Waals surface area contributed by atoms with Gasteiger partial charge >= 0.3 is 0 Å². The van der Waals surface area contributed by atoms with Crippen molar-refractivity contribution in [2.24, 2.45) is 10.9 Å². The molecular formula is C12H10N6O. The number of hydrogen-bond acceptors (Lipinski definition) is 5. The SMILES string of the molecule is NC(=NO)c1ncn(-c2ccc3ccccc3n2)n1. The first kappa shape index (κ1) is 11.1. The molecule has 3 rings (SSSR count). The summed E-state index contributed by atoms with van der Waals surface area (Å²) >= 11 is 0. The predicted octanol–water partition coefficient (Wildman–Crippen LogP) is 0.910. The fourth-order valence-corrected chi connectivity index (χ4v) is 1.72. The molecule has 0 bridgehead atoms. The maximum absolute atomic E-state index is 8.57. The van der Waals surface area contributed by atoms with Crippen molar-refractivity contribution in [2.45, 2.75) is 0 Å². The van der Waals surface area contributed by atoms with E-state index >= 15 is 0 Å². The van der Waals surface area contributed by atoms with Crippen LogP contribution in [0.3, 0.4) is 0 Å². The average Bonchev–Trinajstić information content (AvgIpc) is 2.95. The fraction of sp³-hybridized carbons (Fsp3) is 0. The number of pyridine rings is 1. The first-order valence-corrected chi connectivity index (χ1v) is 5.53. The van der Waals surface area contributed by atoms with Crippen molar-refractivity contribution in [1.82, 2.24) is 19.7 Å². The quantitative estimate of drug-likeness (QED) is 0.306. The second-order valence-corrected chi connectivity index (χ2v) is 3.86. The Morgan fingerprint density at radius 3 is 2.89 bits per heavy atom. The van der Waals surface area contributed by atoms with E-state index < -0.39 is 0 Å². The highest BCUT2D eigenvalue weighted by atomic mass is 16.4. The minimum atomic E-state index is -0.139. The highest BCUT2D eigenvalue weighted by molar-refractivity contribution is 5.93. The lowest BCUT2D eigenvalue weighted by molar-refractivity contribution is 0.318. The average molecular weight is 254 g/mol. The van der Waals surface area contributed by atoms with Gasteiger partial charge in [0.1, 0.15) is 6.33 Å². The van der Waals surface area contributed by atoms with Crippen LogP contribution >= 0.6 is 0 Å². The van der Waals surface area contributed by atoms with Gasteiger partial charge in [0, 0.05) is 5.39 Å². The molecule has 0 aliphatic heterocycles. The Kier molecular flexibility index (Phi) is 2.57. The van der Waals surface area contributed by atoms with E-state index in [4.69, 9.17) is 10.9 Å². The summed E-state index contributed by atoms with van der Waals surface area (Å²) < 4.78 is 1.47. The van der Waals surface area contributed by atoms with Gasteiger partial charge < -0.3 is 10.9 Å². The highest BCUT2D eigenvalue weighted by Gasteiger charge is 2.08. The minimum absolute atomic E-state index is 0.139. The van der Waals surface area contributed by atoms with E-state index in [0.717, 1.165) is 10.9 Å². The predicted molar refractivity (Wildman–Crippen MR) is 69.2 cm³/mol. The summed E-state index contributed by atoms with van der Waals surface area (Å²) in [6, 6.07) is 11.5. The maximum atomic E-state index is 8.57. The standard InChI is InChI=1S/C12H10N6O/c13-11(17-19)12-14-7-18(16-12)10-6-5-8-3-1-2-4-9(8)15-10/h1-7,19H,(H2,13,17). The second-order valence-electron chi connectivity index (χ2n) is 3.86. The molecule has 94 valence electrons. The Balaban J connectivity index is 2.06. The largest absolute Gasteiger partial charge is 0.409 e. The zero-order valence-corrected chi connectivity index (χ0v) is 9.80. The lowest BCUT2D eigenvalue weighted by Crippen LogP contribution is -2.15. The van der Waals surface area contributed by atoms with Gasteiger partial charge in [0.05, 0.1) is 5.52 Å². The molecule has 19 heavy (non-hydrogen) atoms. The molecule has 0 spiro atoms. The molecule has 0 fully saturated rings. The first-order valence-electron chi connectivity index (χ1n) is 5.53. The lowest BCUT2D eigenvalue weighted by atomic mass is 10.2. The van der Waals surface area contributed by atoms with E-state index in [0.29, 0.717) is 5.82 Å². The van der Waals surface area contributed by atoms with Gasteiger partial charge in [0.25, 0.3) is 0 Å². The van der Waals surface area contributed by atoms with Gasteiger partial charge in [-0.05, 0) is 18.2 Å². The fourth-order valence-electron chi connectivity index (χ4n) is 1.72. The number of rotatable bonds is 2. The Bertz CT molecular complexity index is 764. The molecular weight excluding hydrogens is 244 g/mol. The van der Waals surface area contributed by atoms with Gasteiger partial charge in [-0.1, -0.05) is 23.4 Å². The van der Waals surface area contributed by atoms with E-state index in [1.165, 1.54) is 11.0 Å². The molecule has 3 aromatic rings. The number of para-hydroxylation sites is 1. The molecule has 0 atom stereocenters. The van der Waals surface area contributed by atoms with Gasteiger partial charge in [-0.15, -0.1) is 5.10 Å². The summed E-state index contributed by atoms with van der Waals surface area (Å²) in [5, 5.41) is 16.5. The topological polar surface area (TPSA) is 102 Å². The Hall–Kier alpha value is -2.96. The summed E-state index contributed by atoms with van der Waals surface area (Å²) in [7, 11) is 0. The van der Waals surface area contributed by atoms with Crippen molar-refractivity contribution < 1.29 is 5.21 Å². The molecule has 2 aromatic heterocycles. The van der Waals surface area contributed by atoms with Crippen LogP contribution in [0.25, 0.3) is 16.7 Å². The number of aromatic nitrogens is 4. The molecule has 0 radical (unpaired) electrons. The van der Waals surface area contributed by atoms with E-state index in [1.807, 2.05) is 36.4 Å². The van der Waals surface area contributed by atoms with Crippen molar-refractivity contribution in [3.05, 3.63) is 48.5 Å². The van der Waals surface area contributed by atoms with Crippen LogP contribution in [-0.4, -0.2) is 30.8 Å². The van der Waals surface area contributed by atoms with Crippen LogP contribution in [0.2, 0.25) is 0 Å². The van der Waals surface area contributed by atoms with E-state index in [9.17, 15) is 0 Å². The van der Waals surface area contributed by atoms with Crippen molar-refractivity contribution in [2.75, 3.05) is 0 Å². The summed E-state index contributed by atoms with van der Waals surface area (Å²) in [4.78, 5) is 8.40. The molecule has 7 nitrogen and oxygen atoms in total. The monoisotopic (exact) mass is 254 g/mol. The van der Waals surface area contributed by atoms with E-state index in [2.05, 4.69) is 20.2 Å². The molecule has 3 N–H and O–H groups in total. The van der Waals surface area contributed by atoms with Crippen LogP contribution in [0, 0.1) is 0 Å². The van der Waals surface area contributed by atoms with Gasteiger partial charge in [0.2, 0.25) is 11.7 Å². The van der Waals surface area contributed by atoms with Crippen LogP contribution in [0.4, 0.5) is 0 Å². The maximum Gasteiger partial charge on any atom is 0.220 e. The van der Waals surface area contributed by atoms with Crippen molar-refractivity contribution in [3.8, 4) is 5.82 Å². The summed E-state index contributed by atoms with van der Waals surface area (Å²) in [5.41, 5.74) is 6.28. The smallest absolute Gasteiger partial charge is 0.220 e. The van der Waals surface area contributed by atoms with Crippen LogP contribution < -0.4 is 5.73 Å². The van der Waals surface area contributed by atoms with Gasteiger partial charge in [0.15, 0.2) is 5.82 Å². The molecule has 0 saturated carbocycles. The molecule has 0 amide bonds. The van der Waals surface area contributed by atoms with Crippen LogP contribution in [0.5, 0.6) is 0 Å². The molecule has 0 aliphatic rings. The molecule has 0 saturated heterocycles. The summed E-state index contributed by atoms with van der Waals surface area (Å²) in [6.45, 7) is 0. The lowest BCUT2D eigenvalue weighted by Gasteiger charge is -2.01. The third-order valence-corrected chi connectivity index (χ3v) is 2.65. The van der Waals surface area contributed by atoms with Crippen molar-refractivity contribution >= 4 is 16.7 Å². The van der Waals surface area contributed by atoms with Crippen molar-refractivity contribution in [3.63, 3.8) is 0 Å². The van der Waals surface area contributed by atoms with Crippen LogP contribution in [0.1, 0.15) is 5.82 Å². The summed E-state index contributed by atoms with van der Waals surface area (Å²) in [5.74, 6) is 0.625. The van der Waals surface area contributed by atoms with Crippen LogP contribution in [-0.2, 0) is 0 Å².